The fraction of sp³-hybridized carbons (Fsp3) is 0.214. The van der Waals surface area contributed by atoms with E-state index in [0.29, 0.717) is 0 Å². The van der Waals surface area contributed by atoms with Crippen molar-refractivity contribution >= 4 is 32.3 Å². The zero-order chi connectivity index (χ0) is 19.0. The summed E-state index contributed by atoms with van der Waals surface area (Å²) in [5.41, 5.74) is 9.03. The molecule has 0 saturated carbocycles. The van der Waals surface area contributed by atoms with Gasteiger partial charge in [-0.2, -0.15) is 0 Å². The van der Waals surface area contributed by atoms with Crippen molar-refractivity contribution in [1.29, 1.82) is 0 Å². The normalized spacial score (nSPS) is 17.9. The highest BCUT2D eigenvalue weighted by molar-refractivity contribution is 6.28. The topological polar surface area (TPSA) is 0 Å². The molecule has 2 aliphatic carbocycles. The van der Waals surface area contributed by atoms with E-state index < -0.39 is 0 Å². The first-order valence-corrected chi connectivity index (χ1v) is 10.3. The van der Waals surface area contributed by atoms with Gasteiger partial charge in [0.05, 0.1) is 0 Å². The Kier molecular flexibility index (Phi) is 2.29. The Balaban J connectivity index is 1.90. The number of hydrogen-bond donors (Lipinski definition) is 0. The quantitative estimate of drug-likeness (QED) is 0.251. The molecular formula is C28H22. The molecule has 28 heavy (non-hydrogen) atoms. The van der Waals surface area contributed by atoms with Crippen LogP contribution in [0, 0.1) is 0 Å². The summed E-state index contributed by atoms with van der Waals surface area (Å²) in [6, 6.07) is 23.3. The Labute approximate surface area is 165 Å². The second kappa shape index (κ2) is 4.25. The first-order chi connectivity index (χ1) is 13.4. The second-order valence-electron chi connectivity index (χ2n) is 9.82. The molecule has 0 bridgehead atoms. The van der Waals surface area contributed by atoms with E-state index in [9.17, 15) is 0 Å². The Hall–Kier alpha value is -2.86. The molecule has 5 aromatic rings. The van der Waals surface area contributed by atoms with Crippen LogP contribution in [0.4, 0.5) is 0 Å². The van der Waals surface area contributed by atoms with Gasteiger partial charge in [0.2, 0.25) is 0 Å². The lowest BCUT2D eigenvalue weighted by Gasteiger charge is -2.35. The van der Waals surface area contributed by atoms with Gasteiger partial charge in [0.1, 0.15) is 0 Å². The zero-order valence-corrected chi connectivity index (χ0v) is 16.8. The van der Waals surface area contributed by atoms with Crippen LogP contribution >= 0.6 is 0 Å². The Morgan fingerprint density at radius 3 is 1.82 bits per heavy atom. The summed E-state index contributed by atoms with van der Waals surface area (Å²) in [6.07, 6.45) is 0. The van der Waals surface area contributed by atoms with Gasteiger partial charge in [0, 0.05) is 10.8 Å². The number of hydrogen-bond acceptors (Lipinski definition) is 0. The van der Waals surface area contributed by atoms with Gasteiger partial charge in [0.25, 0.3) is 0 Å². The van der Waals surface area contributed by atoms with Crippen LogP contribution in [0.3, 0.4) is 0 Å². The molecule has 5 aromatic carbocycles. The third-order valence-corrected chi connectivity index (χ3v) is 7.76. The van der Waals surface area contributed by atoms with E-state index in [2.05, 4.69) is 88.4 Å². The molecule has 0 nitrogen and oxygen atoms in total. The monoisotopic (exact) mass is 358 g/mol. The third-order valence-electron chi connectivity index (χ3n) is 7.76. The molecule has 0 heteroatoms. The van der Waals surface area contributed by atoms with E-state index in [1.807, 2.05) is 0 Å². The van der Waals surface area contributed by atoms with E-state index in [4.69, 9.17) is 0 Å². The zero-order valence-electron chi connectivity index (χ0n) is 16.8. The molecule has 0 fully saturated rings. The van der Waals surface area contributed by atoms with Gasteiger partial charge in [-0.1, -0.05) is 76.2 Å². The van der Waals surface area contributed by atoms with Crippen LogP contribution in [0.1, 0.15) is 49.9 Å². The van der Waals surface area contributed by atoms with Crippen molar-refractivity contribution in [3.05, 3.63) is 82.9 Å². The van der Waals surface area contributed by atoms with E-state index in [1.165, 1.54) is 65.7 Å². The van der Waals surface area contributed by atoms with Crippen LogP contribution in [0.25, 0.3) is 43.4 Å². The molecule has 0 radical (unpaired) electrons. The van der Waals surface area contributed by atoms with Crippen molar-refractivity contribution in [3.8, 4) is 11.1 Å². The minimum atomic E-state index is 0.0000128. The van der Waals surface area contributed by atoms with Gasteiger partial charge in [-0.3, -0.25) is 0 Å². The summed E-state index contributed by atoms with van der Waals surface area (Å²) < 4.78 is 0. The van der Waals surface area contributed by atoms with E-state index in [0.717, 1.165) is 0 Å². The van der Waals surface area contributed by atoms with Gasteiger partial charge < -0.3 is 0 Å². The fourth-order valence-corrected chi connectivity index (χ4v) is 6.32. The van der Waals surface area contributed by atoms with Gasteiger partial charge in [-0.25, -0.2) is 0 Å². The molecule has 0 unspecified atom stereocenters. The summed E-state index contributed by atoms with van der Waals surface area (Å²) in [5.74, 6) is 0. The predicted octanol–water partition coefficient (Wildman–Crippen LogP) is 7.53. The van der Waals surface area contributed by atoms with E-state index >= 15 is 0 Å². The average molecular weight is 358 g/mol. The molecule has 0 heterocycles. The molecule has 0 aliphatic heterocycles. The SMILES string of the molecule is CC1(C)c2cccc3c2-c2c1cc1ccc4cccc5cc(c2c1c45)C3(C)C. The maximum absolute atomic E-state index is 2.48. The van der Waals surface area contributed by atoms with Crippen LogP contribution < -0.4 is 0 Å². The van der Waals surface area contributed by atoms with Crippen LogP contribution in [0.5, 0.6) is 0 Å². The molecule has 134 valence electrons. The second-order valence-corrected chi connectivity index (χ2v) is 9.82. The van der Waals surface area contributed by atoms with Crippen LogP contribution in [0.15, 0.2) is 60.7 Å². The smallest absolute Gasteiger partial charge is 0.0159 e. The molecule has 2 aliphatic rings. The molecule has 0 spiro atoms. The molecule has 0 amide bonds. The molecule has 7 rings (SSSR count). The van der Waals surface area contributed by atoms with Gasteiger partial charge in [-0.15, -0.1) is 0 Å². The van der Waals surface area contributed by atoms with Crippen molar-refractivity contribution in [1.82, 2.24) is 0 Å². The first kappa shape index (κ1) is 15.1. The molecule has 0 atom stereocenters. The molecule has 0 aromatic heterocycles. The Morgan fingerprint density at radius 1 is 0.464 bits per heavy atom. The van der Waals surface area contributed by atoms with Gasteiger partial charge >= 0.3 is 0 Å². The Bertz CT molecular complexity index is 1490. The minimum absolute atomic E-state index is 0.0000128. The summed E-state index contributed by atoms with van der Waals surface area (Å²) >= 11 is 0. The molecular weight excluding hydrogens is 336 g/mol. The maximum Gasteiger partial charge on any atom is 0.0159 e. The third kappa shape index (κ3) is 1.40. The lowest BCUT2D eigenvalue weighted by Crippen LogP contribution is -2.23. The molecule has 0 N–H and O–H groups in total. The highest BCUT2D eigenvalue weighted by Gasteiger charge is 2.45. The summed E-state index contributed by atoms with van der Waals surface area (Å²) in [7, 11) is 0. The van der Waals surface area contributed by atoms with Gasteiger partial charge in [-0.05, 0) is 77.8 Å². The Morgan fingerprint density at radius 2 is 1.04 bits per heavy atom. The van der Waals surface area contributed by atoms with Gasteiger partial charge in [0.15, 0.2) is 0 Å². The lowest BCUT2D eigenvalue weighted by atomic mass is 9.67. The van der Waals surface area contributed by atoms with Crippen molar-refractivity contribution in [3.63, 3.8) is 0 Å². The van der Waals surface area contributed by atoms with Crippen molar-refractivity contribution in [2.45, 2.75) is 38.5 Å². The van der Waals surface area contributed by atoms with Crippen LogP contribution in [0.2, 0.25) is 0 Å². The average Bonchev–Trinajstić information content (AvgIpc) is 2.92. The maximum atomic E-state index is 2.48. The van der Waals surface area contributed by atoms with Crippen molar-refractivity contribution < 1.29 is 0 Å². The number of benzene rings is 5. The first-order valence-electron chi connectivity index (χ1n) is 10.3. The van der Waals surface area contributed by atoms with Crippen LogP contribution in [-0.4, -0.2) is 0 Å². The lowest BCUT2D eigenvalue weighted by molar-refractivity contribution is 0.640. The van der Waals surface area contributed by atoms with E-state index in [-0.39, 0.29) is 10.8 Å². The largest absolute Gasteiger partial charge is 0.0616 e. The summed E-state index contributed by atoms with van der Waals surface area (Å²) in [5, 5.41) is 8.52. The predicted molar refractivity (Wildman–Crippen MR) is 120 cm³/mol. The number of rotatable bonds is 0. The standard InChI is InChI=1S/C28H22/c1-27(2)18-9-6-10-19-24(18)26-21(28(19,3)4)14-17-12-11-15-7-5-8-16-13-20(27)25(26)23(17)22(15)16/h5-14H,1-4H3. The highest BCUT2D eigenvalue weighted by atomic mass is 14.5. The summed E-state index contributed by atoms with van der Waals surface area (Å²) in [4.78, 5) is 0. The van der Waals surface area contributed by atoms with Crippen molar-refractivity contribution in [2.75, 3.05) is 0 Å². The van der Waals surface area contributed by atoms with E-state index in [1.54, 1.807) is 0 Å². The molecule has 0 saturated heterocycles. The minimum Gasteiger partial charge on any atom is -0.0616 e. The fourth-order valence-electron chi connectivity index (χ4n) is 6.32. The highest BCUT2D eigenvalue weighted by Crippen LogP contribution is 2.61. The van der Waals surface area contributed by atoms with Crippen molar-refractivity contribution in [2.24, 2.45) is 0 Å². The summed E-state index contributed by atoms with van der Waals surface area (Å²) in [6.45, 7) is 9.62. The van der Waals surface area contributed by atoms with Crippen LogP contribution in [-0.2, 0) is 10.8 Å².